The second-order valence-electron chi connectivity index (χ2n) is 6.14. The molecule has 0 bridgehead atoms. The van der Waals surface area contributed by atoms with Gasteiger partial charge in [0.15, 0.2) is 5.11 Å². The van der Waals surface area contributed by atoms with Crippen LogP contribution in [0, 0.1) is 6.92 Å². The monoisotopic (exact) mass is 405 g/mol. The van der Waals surface area contributed by atoms with Crippen LogP contribution in [0.15, 0.2) is 77.4 Å². The van der Waals surface area contributed by atoms with Gasteiger partial charge in [0.1, 0.15) is 5.76 Å². The lowest BCUT2D eigenvalue weighted by atomic mass is 10.1. The fourth-order valence-corrected chi connectivity index (χ4v) is 2.78. The highest BCUT2D eigenvalue weighted by molar-refractivity contribution is 7.80. The number of rotatable bonds is 5. The summed E-state index contributed by atoms with van der Waals surface area (Å²) in [4.78, 5) is 24.4. The highest BCUT2D eigenvalue weighted by Gasteiger charge is 2.09. The van der Waals surface area contributed by atoms with Crippen molar-refractivity contribution >= 4 is 46.6 Å². The van der Waals surface area contributed by atoms with Gasteiger partial charge in [-0.3, -0.25) is 14.9 Å². The van der Waals surface area contributed by atoms with Crippen molar-refractivity contribution in [2.45, 2.75) is 6.92 Å². The van der Waals surface area contributed by atoms with Crippen molar-refractivity contribution in [3.63, 3.8) is 0 Å². The lowest BCUT2D eigenvalue weighted by molar-refractivity contribution is -0.115. The van der Waals surface area contributed by atoms with E-state index >= 15 is 0 Å². The summed E-state index contributed by atoms with van der Waals surface area (Å²) in [7, 11) is 0. The molecule has 0 atom stereocenters. The van der Waals surface area contributed by atoms with E-state index in [9.17, 15) is 9.59 Å². The first-order chi connectivity index (χ1) is 14.0. The van der Waals surface area contributed by atoms with Crippen LogP contribution in [0.3, 0.4) is 0 Å². The minimum Gasteiger partial charge on any atom is -0.465 e. The number of thiocarbonyl (C=S) groups is 1. The van der Waals surface area contributed by atoms with Crippen LogP contribution in [0.4, 0.5) is 11.4 Å². The molecule has 0 unspecified atom stereocenters. The first kappa shape index (κ1) is 20.0. The predicted octanol–water partition coefficient (Wildman–Crippen LogP) is 4.37. The first-order valence-electron chi connectivity index (χ1n) is 8.82. The van der Waals surface area contributed by atoms with E-state index in [-0.39, 0.29) is 16.9 Å². The molecule has 2 aromatic carbocycles. The van der Waals surface area contributed by atoms with Crippen LogP contribution in [-0.2, 0) is 4.79 Å². The molecule has 7 heteroatoms. The maximum absolute atomic E-state index is 12.5. The summed E-state index contributed by atoms with van der Waals surface area (Å²) >= 11 is 5.16. The maximum atomic E-state index is 12.5. The third kappa shape index (κ3) is 5.88. The van der Waals surface area contributed by atoms with Gasteiger partial charge in [-0.25, -0.2) is 0 Å². The van der Waals surface area contributed by atoms with Gasteiger partial charge in [0.2, 0.25) is 5.91 Å². The van der Waals surface area contributed by atoms with E-state index in [1.807, 2.05) is 25.1 Å². The number of benzene rings is 2. The smallest absolute Gasteiger partial charge is 0.255 e. The molecular formula is C22H19N3O3S. The summed E-state index contributed by atoms with van der Waals surface area (Å²) in [5.74, 6) is -0.0155. The van der Waals surface area contributed by atoms with Gasteiger partial charge in [0.05, 0.1) is 6.26 Å². The largest absolute Gasteiger partial charge is 0.465 e. The molecular weight excluding hydrogens is 386 g/mol. The molecule has 1 heterocycles. The molecule has 0 aliphatic rings. The molecule has 3 rings (SSSR count). The standard InChI is InChI=1S/C22H19N3O3S/c1-15-6-2-3-10-19(15)21(27)23-16-7-4-8-17(14-16)24-22(29)25-20(26)12-11-18-9-5-13-28-18/h2-14H,1H3,(H,23,27)(H2,24,25,26,29). The number of carbonyl (C=O) groups excluding carboxylic acids is 2. The van der Waals surface area contributed by atoms with E-state index in [0.29, 0.717) is 22.7 Å². The van der Waals surface area contributed by atoms with Crippen molar-refractivity contribution in [3.8, 4) is 0 Å². The summed E-state index contributed by atoms with van der Waals surface area (Å²) in [6.07, 6.45) is 4.39. The number of nitrogens with one attached hydrogen (secondary N) is 3. The minimum atomic E-state index is -0.386. The lowest BCUT2D eigenvalue weighted by Gasteiger charge is -2.11. The second kappa shape index (κ2) is 9.48. The summed E-state index contributed by atoms with van der Waals surface area (Å²) in [6.45, 7) is 1.88. The molecule has 146 valence electrons. The number of anilines is 2. The number of hydrogen-bond donors (Lipinski definition) is 3. The molecule has 0 spiro atoms. The Bertz CT molecular complexity index is 1060. The van der Waals surface area contributed by atoms with Crippen molar-refractivity contribution in [2.24, 2.45) is 0 Å². The fourth-order valence-electron chi connectivity index (χ4n) is 2.56. The Morgan fingerprint density at radius 1 is 0.966 bits per heavy atom. The van der Waals surface area contributed by atoms with Crippen molar-refractivity contribution in [1.29, 1.82) is 0 Å². The average Bonchev–Trinajstić information content (AvgIpc) is 3.20. The summed E-state index contributed by atoms with van der Waals surface area (Å²) < 4.78 is 5.12. The van der Waals surface area contributed by atoms with E-state index in [2.05, 4.69) is 16.0 Å². The Hall–Kier alpha value is -3.71. The fraction of sp³-hybridized carbons (Fsp3) is 0.0455. The van der Waals surface area contributed by atoms with Gasteiger partial charge in [-0.05, 0) is 67.2 Å². The average molecular weight is 405 g/mol. The lowest BCUT2D eigenvalue weighted by Crippen LogP contribution is -2.32. The molecule has 6 nitrogen and oxygen atoms in total. The number of carbonyl (C=O) groups is 2. The normalized spacial score (nSPS) is 10.5. The van der Waals surface area contributed by atoms with Gasteiger partial charge < -0.3 is 15.1 Å². The molecule has 0 radical (unpaired) electrons. The molecule has 3 aromatic rings. The molecule has 0 saturated carbocycles. The van der Waals surface area contributed by atoms with E-state index < -0.39 is 0 Å². The number of furan rings is 1. The van der Waals surface area contributed by atoms with E-state index in [1.165, 1.54) is 12.3 Å². The summed E-state index contributed by atoms with van der Waals surface area (Å²) in [6, 6.07) is 17.9. The predicted molar refractivity (Wildman–Crippen MR) is 118 cm³/mol. The third-order valence-electron chi connectivity index (χ3n) is 3.95. The van der Waals surface area contributed by atoms with Crippen LogP contribution in [0.1, 0.15) is 21.7 Å². The minimum absolute atomic E-state index is 0.140. The SMILES string of the molecule is Cc1ccccc1C(=O)Nc1cccc(NC(=S)NC(=O)C=Cc2ccco2)c1. The quantitative estimate of drug-likeness (QED) is 0.434. The molecule has 0 aliphatic carbocycles. The number of hydrogen-bond acceptors (Lipinski definition) is 4. The highest BCUT2D eigenvalue weighted by Crippen LogP contribution is 2.17. The maximum Gasteiger partial charge on any atom is 0.255 e. The van der Waals surface area contributed by atoms with Gasteiger partial charge in [0.25, 0.3) is 5.91 Å². The van der Waals surface area contributed by atoms with Crippen LogP contribution < -0.4 is 16.0 Å². The molecule has 1 aromatic heterocycles. The number of aryl methyl sites for hydroxylation is 1. The van der Waals surface area contributed by atoms with Gasteiger partial charge >= 0.3 is 0 Å². The Morgan fingerprint density at radius 3 is 2.45 bits per heavy atom. The van der Waals surface area contributed by atoms with Crippen molar-refractivity contribution < 1.29 is 14.0 Å². The zero-order valence-corrected chi connectivity index (χ0v) is 16.5. The topological polar surface area (TPSA) is 83.4 Å². The van der Waals surface area contributed by atoms with Gasteiger partial charge in [-0.1, -0.05) is 24.3 Å². The third-order valence-corrected chi connectivity index (χ3v) is 4.15. The Labute approximate surface area is 173 Å². The van der Waals surface area contributed by atoms with Gasteiger partial charge in [-0.15, -0.1) is 0 Å². The molecule has 0 saturated heterocycles. The van der Waals surface area contributed by atoms with Crippen molar-refractivity contribution in [3.05, 3.63) is 89.9 Å². The second-order valence-corrected chi connectivity index (χ2v) is 6.55. The van der Waals surface area contributed by atoms with Crippen molar-refractivity contribution in [2.75, 3.05) is 10.6 Å². The van der Waals surface area contributed by atoms with E-state index in [4.69, 9.17) is 16.6 Å². The Kier molecular flexibility index (Phi) is 6.55. The Balaban J connectivity index is 1.58. The van der Waals surface area contributed by atoms with Gasteiger partial charge in [-0.2, -0.15) is 0 Å². The first-order valence-corrected chi connectivity index (χ1v) is 9.23. The van der Waals surface area contributed by atoms with Crippen LogP contribution in [0.5, 0.6) is 0 Å². The van der Waals surface area contributed by atoms with E-state index in [1.54, 1.807) is 48.5 Å². The van der Waals surface area contributed by atoms with Crippen LogP contribution in [0.2, 0.25) is 0 Å². The summed E-state index contributed by atoms with van der Waals surface area (Å²) in [5, 5.41) is 8.47. The molecule has 2 amide bonds. The highest BCUT2D eigenvalue weighted by atomic mass is 32.1. The number of amides is 2. The van der Waals surface area contributed by atoms with Gasteiger partial charge in [0, 0.05) is 23.0 Å². The molecule has 29 heavy (non-hydrogen) atoms. The van der Waals surface area contributed by atoms with Crippen LogP contribution in [-0.4, -0.2) is 16.9 Å². The van der Waals surface area contributed by atoms with Crippen molar-refractivity contribution in [1.82, 2.24) is 5.32 Å². The molecule has 0 fully saturated rings. The zero-order chi connectivity index (χ0) is 20.6. The Morgan fingerprint density at radius 2 is 1.72 bits per heavy atom. The zero-order valence-electron chi connectivity index (χ0n) is 15.6. The van der Waals surface area contributed by atoms with Crippen LogP contribution >= 0.6 is 12.2 Å². The van der Waals surface area contributed by atoms with Crippen LogP contribution in [0.25, 0.3) is 6.08 Å². The molecule has 3 N–H and O–H groups in total. The summed E-state index contributed by atoms with van der Waals surface area (Å²) in [5.41, 5.74) is 2.74. The molecule has 0 aliphatic heterocycles. The van der Waals surface area contributed by atoms with E-state index in [0.717, 1.165) is 5.56 Å².